The molecule has 1 aromatic rings. The molecule has 0 radical (unpaired) electrons. The summed E-state index contributed by atoms with van der Waals surface area (Å²) in [5.41, 5.74) is 1.28. The summed E-state index contributed by atoms with van der Waals surface area (Å²) in [5, 5.41) is 1.52. The number of rotatable bonds is 9. The summed E-state index contributed by atoms with van der Waals surface area (Å²) in [6.45, 7) is 16.0. The Morgan fingerprint density at radius 2 is 1.14 bits per heavy atom. The van der Waals surface area contributed by atoms with Gasteiger partial charge in [-0.25, -0.2) is 0 Å². The van der Waals surface area contributed by atoms with Crippen LogP contribution >= 0.6 is 7.56 Å². The van der Waals surface area contributed by atoms with Gasteiger partial charge in [-0.3, -0.25) is 0 Å². The molecule has 0 atom stereocenters. The van der Waals surface area contributed by atoms with E-state index in [9.17, 15) is 0 Å². The zero-order valence-electron chi connectivity index (χ0n) is 15.6. The minimum Gasteiger partial charge on any atom is -0.378 e. The van der Waals surface area contributed by atoms with Crippen molar-refractivity contribution in [3.05, 3.63) is 24.3 Å². The van der Waals surface area contributed by atoms with Gasteiger partial charge < -0.3 is 4.90 Å². The summed E-state index contributed by atoms with van der Waals surface area (Å²) in [5.74, 6) is 0. The second-order valence-electron chi connectivity index (χ2n) is 5.74. The van der Waals surface area contributed by atoms with Gasteiger partial charge in [-0.05, 0) is 58.9 Å². The summed E-state index contributed by atoms with van der Waals surface area (Å²) in [6.07, 6.45) is 1.21. The number of anilines is 1. The van der Waals surface area contributed by atoms with Gasteiger partial charge in [0, 0.05) is 46.0 Å². The van der Waals surface area contributed by atoms with Crippen molar-refractivity contribution in [1.82, 2.24) is 9.34 Å². The molecule has 4 heteroatoms. The first-order valence-corrected chi connectivity index (χ1v) is 10.6. The van der Waals surface area contributed by atoms with Crippen LogP contribution in [0.2, 0.25) is 0 Å². The van der Waals surface area contributed by atoms with Gasteiger partial charge in [-0.15, -0.1) is 0 Å². The van der Waals surface area contributed by atoms with Crippen molar-refractivity contribution in [2.24, 2.45) is 0 Å². The molecule has 0 amide bonds. The van der Waals surface area contributed by atoms with Crippen molar-refractivity contribution in [2.75, 3.05) is 51.3 Å². The first-order valence-electron chi connectivity index (χ1n) is 8.68. The highest BCUT2D eigenvalue weighted by molar-refractivity contribution is 7.78. The smallest absolute Gasteiger partial charge is 0.185 e. The van der Waals surface area contributed by atoms with Gasteiger partial charge in [0.2, 0.25) is 0 Å². The van der Waals surface area contributed by atoms with Crippen molar-refractivity contribution in [3.63, 3.8) is 0 Å². The molecule has 0 heterocycles. The minimum atomic E-state index is -1.45. The Balaban J connectivity index is 3.40. The average molecular weight is 324 g/mol. The van der Waals surface area contributed by atoms with Crippen LogP contribution in [-0.2, 0) is 0 Å². The third kappa shape index (κ3) is 3.64. The van der Waals surface area contributed by atoms with E-state index in [0.29, 0.717) is 0 Å². The lowest BCUT2D eigenvalue weighted by molar-refractivity contribution is 0.413. The Morgan fingerprint density at radius 3 is 1.41 bits per heavy atom. The fraction of sp³-hybridized carbons (Fsp3) is 0.667. The van der Waals surface area contributed by atoms with E-state index in [0.717, 1.165) is 26.2 Å². The van der Waals surface area contributed by atoms with Gasteiger partial charge in [0.05, 0.1) is 6.16 Å². The van der Waals surface area contributed by atoms with Gasteiger partial charge in [-0.1, -0.05) is 0 Å². The molecule has 0 aliphatic heterocycles. The molecule has 0 bridgehead atoms. The standard InChI is InChI=1S/C18H35N3P/c1-8-20(9-2)22(12-5,21(10-3)11-4)18-15-13-17(14-16-18)19(6)7/h13-16H,8-12H2,1-7H3/q+1. The Morgan fingerprint density at radius 1 is 0.727 bits per heavy atom. The zero-order chi connectivity index (χ0) is 16.8. The summed E-state index contributed by atoms with van der Waals surface area (Å²) < 4.78 is 5.43. The highest BCUT2D eigenvalue weighted by Gasteiger charge is 2.49. The van der Waals surface area contributed by atoms with E-state index < -0.39 is 7.56 Å². The summed E-state index contributed by atoms with van der Waals surface area (Å²) in [6, 6.07) is 9.27. The molecule has 0 spiro atoms. The quantitative estimate of drug-likeness (QED) is 0.637. The summed E-state index contributed by atoms with van der Waals surface area (Å²) in [4.78, 5) is 2.17. The molecule has 0 aliphatic carbocycles. The molecule has 0 unspecified atom stereocenters. The Bertz CT molecular complexity index is 410. The largest absolute Gasteiger partial charge is 0.378 e. The Kier molecular flexibility index (Phi) is 7.82. The topological polar surface area (TPSA) is 9.72 Å². The lowest BCUT2D eigenvalue weighted by Crippen LogP contribution is -2.43. The molecule has 0 saturated heterocycles. The minimum absolute atomic E-state index is 1.12. The molecule has 1 rings (SSSR count). The molecule has 0 fully saturated rings. The van der Waals surface area contributed by atoms with E-state index in [1.54, 1.807) is 0 Å². The molecular weight excluding hydrogens is 289 g/mol. The van der Waals surface area contributed by atoms with Gasteiger partial charge in [0.15, 0.2) is 7.56 Å². The second kappa shape index (κ2) is 8.86. The fourth-order valence-electron chi connectivity index (χ4n) is 3.46. The van der Waals surface area contributed by atoms with E-state index in [1.807, 2.05) is 0 Å². The van der Waals surface area contributed by atoms with Gasteiger partial charge in [0.1, 0.15) is 5.30 Å². The van der Waals surface area contributed by atoms with Crippen LogP contribution in [-0.4, -0.2) is 55.8 Å². The van der Waals surface area contributed by atoms with Gasteiger partial charge in [-0.2, -0.15) is 9.34 Å². The van der Waals surface area contributed by atoms with Crippen LogP contribution < -0.4 is 10.2 Å². The molecule has 0 saturated carbocycles. The third-order valence-corrected chi connectivity index (χ3v) is 9.63. The van der Waals surface area contributed by atoms with Crippen molar-refractivity contribution < 1.29 is 0 Å². The maximum Gasteiger partial charge on any atom is 0.185 e. The van der Waals surface area contributed by atoms with Crippen molar-refractivity contribution in [2.45, 2.75) is 34.6 Å². The van der Waals surface area contributed by atoms with Crippen molar-refractivity contribution >= 4 is 18.6 Å². The van der Waals surface area contributed by atoms with Crippen molar-refractivity contribution in [1.29, 1.82) is 0 Å². The lowest BCUT2D eigenvalue weighted by Gasteiger charge is -2.41. The molecule has 1 aromatic carbocycles. The molecular formula is C18H35N3P+. The molecule has 3 nitrogen and oxygen atoms in total. The van der Waals surface area contributed by atoms with Gasteiger partial charge >= 0.3 is 0 Å². The fourth-order valence-corrected chi connectivity index (χ4v) is 8.13. The Labute approximate surface area is 138 Å². The average Bonchev–Trinajstić information content (AvgIpc) is 2.55. The normalized spacial score (nSPS) is 12.2. The monoisotopic (exact) mass is 324 g/mol. The maximum absolute atomic E-state index is 2.71. The SMILES string of the molecule is CCN(CC)[P+](CC)(c1ccc(N(C)C)cc1)N(CC)CC. The van der Waals surface area contributed by atoms with Crippen molar-refractivity contribution in [3.8, 4) is 0 Å². The number of hydrogen-bond acceptors (Lipinski definition) is 3. The van der Waals surface area contributed by atoms with E-state index in [-0.39, 0.29) is 0 Å². The van der Waals surface area contributed by atoms with Crippen LogP contribution in [0.15, 0.2) is 24.3 Å². The summed E-state index contributed by atoms with van der Waals surface area (Å²) >= 11 is 0. The van der Waals surface area contributed by atoms with Crippen LogP contribution in [0.1, 0.15) is 34.6 Å². The Hall–Kier alpha value is -0.630. The van der Waals surface area contributed by atoms with E-state index in [2.05, 4.69) is 87.2 Å². The van der Waals surface area contributed by atoms with Crippen LogP contribution in [0.4, 0.5) is 5.69 Å². The lowest BCUT2D eigenvalue weighted by atomic mass is 10.3. The number of hydrogen-bond donors (Lipinski definition) is 0. The van der Waals surface area contributed by atoms with Crippen LogP contribution in [0.5, 0.6) is 0 Å². The van der Waals surface area contributed by atoms with Gasteiger partial charge in [0.25, 0.3) is 0 Å². The molecule has 0 aromatic heterocycles. The predicted octanol–water partition coefficient (Wildman–Crippen LogP) is 3.93. The number of nitrogens with zero attached hydrogens (tertiary/aromatic N) is 3. The maximum atomic E-state index is 2.71. The first-order chi connectivity index (χ1) is 10.5. The number of benzene rings is 1. The highest BCUT2D eigenvalue weighted by atomic mass is 31.2. The van der Waals surface area contributed by atoms with E-state index in [4.69, 9.17) is 0 Å². The second-order valence-corrected chi connectivity index (χ2v) is 9.48. The van der Waals surface area contributed by atoms with E-state index in [1.165, 1.54) is 17.2 Å². The highest BCUT2D eigenvalue weighted by Crippen LogP contribution is 2.63. The predicted molar refractivity (Wildman–Crippen MR) is 104 cm³/mol. The van der Waals surface area contributed by atoms with Crippen LogP contribution in [0.3, 0.4) is 0 Å². The summed E-state index contributed by atoms with van der Waals surface area (Å²) in [7, 11) is 2.75. The molecule has 126 valence electrons. The van der Waals surface area contributed by atoms with Crippen LogP contribution in [0.25, 0.3) is 0 Å². The molecule has 22 heavy (non-hydrogen) atoms. The zero-order valence-corrected chi connectivity index (χ0v) is 16.5. The third-order valence-electron chi connectivity index (χ3n) is 4.62. The van der Waals surface area contributed by atoms with Crippen LogP contribution in [0, 0.1) is 0 Å². The molecule has 0 N–H and O–H groups in total. The molecule has 0 aliphatic rings. The van der Waals surface area contributed by atoms with E-state index >= 15 is 0 Å². The first kappa shape index (κ1) is 19.4.